The fraction of sp³-hybridized carbons (Fsp3) is 0.188. The Bertz CT molecular complexity index is 668. The molecule has 3 rings (SSSR count). The summed E-state index contributed by atoms with van der Waals surface area (Å²) < 4.78 is 1.90. The van der Waals surface area contributed by atoms with Crippen molar-refractivity contribution in [1.29, 1.82) is 0 Å². The van der Waals surface area contributed by atoms with Crippen molar-refractivity contribution in [3.63, 3.8) is 0 Å². The SMILES string of the molecule is CCc1ccc(NCc2cnn3ccccc23)cc1. The van der Waals surface area contributed by atoms with Crippen LogP contribution in [0.25, 0.3) is 5.52 Å². The van der Waals surface area contributed by atoms with Crippen LogP contribution in [0.2, 0.25) is 0 Å². The maximum atomic E-state index is 4.33. The Balaban J connectivity index is 1.74. The number of hydrogen-bond acceptors (Lipinski definition) is 2. The molecule has 2 heterocycles. The van der Waals surface area contributed by atoms with Gasteiger partial charge in [0.2, 0.25) is 0 Å². The zero-order valence-corrected chi connectivity index (χ0v) is 11.0. The Hall–Kier alpha value is -2.29. The number of pyridine rings is 1. The number of rotatable bonds is 4. The summed E-state index contributed by atoms with van der Waals surface area (Å²) in [4.78, 5) is 0. The van der Waals surface area contributed by atoms with Crippen LogP contribution in [-0.4, -0.2) is 9.61 Å². The molecule has 0 fully saturated rings. The highest BCUT2D eigenvalue weighted by atomic mass is 15.2. The lowest BCUT2D eigenvalue weighted by molar-refractivity contribution is 0.961. The molecule has 0 saturated carbocycles. The van der Waals surface area contributed by atoms with E-state index in [1.165, 1.54) is 11.1 Å². The van der Waals surface area contributed by atoms with Crippen LogP contribution in [0.4, 0.5) is 5.69 Å². The molecule has 0 aliphatic heterocycles. The monoisotopic (exact) mass is 251 g/mol. The number of nitrogens with one attached hydrogen (secondary N) is 1. The van der Waals surface area contributed by atoms with Crippen LogP contribution < -0.4 is 5.32 Å². The van der Waals surface area contributed by atoms with Gasteiger partial charge in [0.25, 0.3) is 0 Å². The van der Waals surface area contributed by atoms with Crippen LogP contribution in [0.3, 0.4) is 0 Å². The zero-order valence-electron chi connectivity index (χ0n) is 11.0. The summed E-state index contributed by atoms with van der Waals surface area (Å²) in [7, 11) is 0. The molecule has 0 aliphatic carbocycles. The van der Waals surface area contributed by atoms with Crippen molar-refractivity contribution in [3.05, 3.63) is 66.0 Å². The zero-order chi connectivity index (χ0) is 13.1. The van der Waals surface area contributed by atoms with Crippen LogP contribution in [0.15, 0.2) is 54.9 Å². The Morgan fingerprint density at radius 1 is 1.11 bits per heavy atom. The first kappa shape index (κ1) is 11.8. The van der Waals surface area contributed by atoms with Gasteiger partial charge < -0.3 is 5.32 Å². The first-order chi connectivity index (χ1) is 9.36. The number of benzene rings is 1. The van der Waals surface area contributed by atoms with E-state index >= 15 is 0 Å². The van der Waals surface area contributed by atoms with E-state index in [1.54, 1.807) is 0 Å². The van der Waals surface area contributed by atoms with E-state index in [9.17, 15) is 0 Å². The molecule has 1 N–H and O–H groups in total. The molecule has 3 heteroatoms. The maximum Gasteiger partial charge on any atom is 0.0711 e. The van der Waals surface area contributed by atoms with E-state index < -0.39 is 0 Å². The van der Waals surface area contributed by atoms with Crippen molar-refractivity contribution in [3.8, 4) is 0 Å². The predicted octanol–water partition coefficient (Wildman–Crippen LogP) is 3.51. The smallest absolute Gasteiger partial charge is 0.0711 e. The van der Waals surface area contributed by atoms with Gasteiger partial charge in [-0.15, -0.1) is 0 Å². The highest BCUT2D eigenvalue weighted by molar-refractivity contribution is 5.55. The summed E-state index contributed by atoms with van der Waals surface area (Å²) in [6.07, 6.45) is 4.96. The molecule has 0 aliphatic rings. The summed E-state index contributed by atoms with van der Waals surface area (Å²) in [5.74, 6) is 0. The van der Waals surface area contributed by atoms with E-state index in [0.29, 0.717) is 0 Å². The normalized spacial score (nSPS) is 10.8. The summed E-state index contributed by atoms with van der Waals surface area (Å²) in [5.41, 5.74) is 4.87. The third-order valence-corrected chi connectivity index (χ3v) is 3.35. The van der Waals surface area contributed by atoms with Crippen LogP contribution in [0, 0.1) is 0 Å². The topological polar surface area (TPSA) is 29.3 Å². The quantitative estimate of drug-likeness (QED) is 0.769. The van der Waals surface area contributed by atoms with Crippen molar-refractivity contribution in [2.45, 2.75) is 19.9 Å². The van der Waals surface area contributed by atoms with Gasteiger partial charge in [0.05, 0.1) is 11.7 Å². The summed E-state index contributed by atoms with van der Waals surface area (Å²) in [5, 5.41) is 7.77. The van der Waals surface area contributed by atoms with E-state index in [0.717, 1.165) is 24.2 Å². The predicted molar refractivity (Wildman–Crippen MR) is 78.3 cm³/mol. The summed E-state index contributed by atoms with van der Waals surface area (Å²) in [6, 6.07) is 14.7. The molecule has 0 atom stereocenters. The number of anilines is 1. The Morgan fingerprint density at radius 2 is 1.95 bits per heavy atom. The molecule has 19 heavy (non-hydrogen) atoms. The van der Waals surface area contributed by atoms with Crippen LogP contribution in [-0.2, 0) is 13.0 Å². The van der Waals surface area contributed by atoms with Gasteiger partial charge >= 0.3 is 0 Å². The molecular weight excluding hydrogens is 234 g/mol. The number of aryl methyl sites for hydroxylation is 1. The van der Waals surface area contributed by atoms with Gasteiger partial charge in [0, 0.05) is 24.0 Å². The highest BCUT2D eigenvalue weighted by Crippen LogP contribution is 2.14. The molecule has 0 amide bonds. The largest absolute Gasteiger partial charge is 0.381 e. The first-order valence-corrected chi connectivity index (χ1v) is 6.61. The second-order valence-corrected chi connectivity index (χ2v) is 4.60. The van der Waals surface area contributed by atoms with Crippen molar-refractivity contribution in [2.75, 3.05) is 5.32 Å². The first-order valence-electron chi connectivity index (χ1n) is 6.61. The molecule has 0 radical (unpaired) electrons. The second-order valence-electron chi connectivity index (χ2n) is 4.60. The Labute approximate surface area is 112 Å². The molecule has 3 aromatic rings. The van der Waals surface area contributed by atoms with E-state index in [4.69, 9.17) is 0 Å². The van der Waals surface area contributed by atoms with Gasteiger partial charge in [-0.1, -0.05) is 25.1 Å². The lowest BCUT2D eigenvalue weighted by Crippen LogP contribution is -1.99. The van der Waals surface area contributed by atoms with Gasteiger partial charge in [-0.2, -0.15) is 5.10 Å². The Morgan fingerprint density at radius 3 is 2.74 bits per heavy atom. The summed E-state index contributed by atoms with van der Waals surface area (Å²) >= 11 is 0. The van der Waals surface area contributed by atoms with Crippen molar-refractivity contribution >= 4 is 11.2 Å². The van der Waals surface area contributed by atoms with E-state index in [2.05, 4.69) is 47.7 Å². The molecule has 0 unspecified atom stereocenters. The third kappa shape index (κ3) is 2.45. The Kier molecular flexibility index (Phi) is 3.19. The number of fused-ring (bicyclic) bond motifs is 1. The van der Waals surface area contributed by atoms with Gasteiger partial charge in [0.1, 0.15) is 0 Å². The molecule has 3 nitrogen and oxygen atoms in total. The molecule has 96 valence electrons. The number of nitrogens with zero attached hydrogens (tertiary/aromatic N) is 2. The van der Waals surface area contributed by atoms with Gasteiger partial charge in [0.15, 0.2) is 0 Å². The fourth-order valence-electron chi connectivity index (χ4n) is 2.18. The van der Waals surface area contributed by atoms with E-state index in [1.807, 2.05) is 29.0 Å². The minimum atomic E-state index is 0.791. The lowest BCUT2D eigenvalue weighted by Gasteiger charge is -2.06. The molecule has 1 aromatic carbocycles. The van der Waals surface area contributed by atoms with Crippen molar-refractivity contribution in [2.24, 2.45) is 0 Å². The minimum Gasteiger partial charge on any atom is -0.381 e. The average molecular weight is 251 g/mol. The number of hydrogen-bond donors (Lipinski definition) is 1. The molecule has 0 bridgehead atoms. The lowest BCUT2D eigenvalue weighted by atomic mass is 10.1. The van der Waals surface area contributed by atoms with Crippen molar-refractivity contribution < 1.29 is 0 Å². The minimum absolute atomic E-state index is 0.791. The number of aromatic nitrogens is 2. The summed E-state index contributed by atoms with van der Waals surface area (Å²) in [6.45, 7) is 2.96. The fourth-order valence-corrected chi connectivity index (χ4v) is 2.18. The molecular formula is C16H17N3. The third-order valence-electron chi connectivity index (χ3n) is 3.35. The second kappa shape index (κ2) is 5.14. The molecule has 2 aromatic heterocycles. The highest BCUT2D eigenvalue weighted by Gasteiger charge is 2.02. The average Bonchev–Trinajstić information content (AvgIpc) is 2.89. The molecule has 0 saturated heterocycles. The van der Waals surface area contributed by atoms with Crippen LogP contribution >= 0.6 is 0 Å². The maximum absolute atomic E-state index is 4.33. The van der Waals surface area contributed by atoms with Gasteiger partial charge in [-0.25, -0.2) is 4.52 Å². The van der Waals surface area contributed by atoms with Gasteiger partial charge in [-0.05, 0) is 36.2 Å². The van der Waals surface area contributed by atoms with Gasteiger partial charge in [-0.3, -0.25) is 0 Å². The van der Waals surface area contributed by atoms with Crippen molar-refractivity contribution in [1.82, 2.24) is 9.61 Å². The van der Waals surface area contributed by atoms with Crippen LogP contribution in [0.1, 0.15) is 18.1 Å². The standard InChI is InChI=1S/C16H17N3/c1-2-13-6-8-15(9-7-13)17-11-14-12-18-19-10-4-3-5-16(14)19/h3-10,12,17H,2,11H2,1H3. The van der Waals surface area contributed by atoms with Crippen LogP contribution in [0.5, 0.6) is 0 Å². The molecule has 0 spiro atoms. The van der Waals surface area contributed by atoms with E-state index in [-0.39, 0.29) is 0 Å².